The molecule has 0 saturated carbocycles. The topological polar surface area (TPSA) is 57.6 Å². The molecule has 1 aliphatic heterocycles. The first-order valence-electron chi connectivity index (χ1n) is 5.18. The quantitative estimate of drug-likeness (QED) is 0.790. The van der Waals surface area contributed by atoms with E-state index in [0.29, 0.717) is 19.4 Å². The van der Waals surface area contributed by atoms with Gasteiger partial charge in [0, 0.05) is 18.7 Å². The van der Waals surface area contributed by atoms with Gasteiger partial charge < -0.3 is 10.0 Å². The molecule has 1 fully saturated rings. The minimum absolute atomic E-state index is 0.0172. The van der Waals surface area contributed by atoms with Crippen LogP contribution in [0.1, 0.15) is 25.7 Å². The normalized spacial score (nSPS) is 21.4. The monoisotopic (exact) mass is 231 g/mol. The van der Waals surface area contributed by atoms with Gasteiger partial charge in [0.05, 0.1) is 0 Å². The average molecular weight is 231 g/mol. The smallest absolute Gasteiger partial charge is 0.326 e. The van der Waals surface area contributed by atoms with Crippen LogP contribution in [-0.4, -0.2) is 46.5 Å². The van der Waals surface area contributed by atoms with Crippen LogP contribution >= 0.6 is 11.8 Å². The summed E-state index contributed by atoms with van der Waals surface area (Å²) >= 11 is 1.61. The van der Waals surface area contributed by atoms with Gasteiger partial charge in [-0.3, -0.25) is 4.79 Å². The van der Waals surface area contributed by atoms with E-state index >= 15 is 0 Å². The van der Waals surface area contributed by atoms with Crippen LogP contribution < -0.4 is 0 Å². The van der Waals surface area contributed by atoms with Gasteiger partial charge in [-0.1, -0.05) is 0 Å². The third-order valence-electron chi connectivity index (χ3n) is 2.63. The molecule has 0 aromatic heterocycles. The molecule has 1 rings (SSSR count). The zero-order valence-electron chi connectivity index (χ0n) is 8.94. The van der Waals surface area contributed by atoms with Crippen LogP contribution in [0.5, 0.6) is 0 Å². The van der Waals surface area contributed by atoms with Gasteiger partial charge in [-0.15, -0.1) is 0 Å². The fraction of sp³-hybridized carbons (Fsp3) is 0.800. The van der Waals surface area contributed by atoms with Gasteiger partial charge in [0.2, 0.25) is 5.91 Å². The SMILES string of the molecule is CSCCC(=O)N1CCCC[C@H]1C(=O)O. The van der Waals surface area contributed by atoms with Crippen LogP contribution in [0.4, 0.5) is 0 Å². The molecule has 4 nitrogen and oxygen atoms in total. The Morgan fingerprint density at radius 1 is 1.47 bits per heavy atom. The molecule has 1 amide bonds. The summed E-state index contributed by atoms with van der Waals surface area (Å²) in [5.41, 5.74) is 0. The molecule has 86 valence electrons. The molecule has 0 aromatic carbocycles. The molecule has 0 radical (unpaired) electrons. The Balaban J connectivity index is 2.55. The second-order valence-electron chi connectivity index (χ2n) is 3.68. The van der Waals surface area contributed by atoms with Crippen molar-refractivity contribution in [3.63, 3.8) is 0 Å². The highest BCUT2D eigenvalue weighted by Gasteiger charge is 2.31. The van der Waals surface area contributed by atoms with Crippen LogP contribution in [0.3, 0.4) is 0 Å². The van der Waals surface area contributed by atoms with E-state index in [0.717, 1.165) is 18.6 Å². The summed E-state index contributed by atoms with van der Waals surface area (Å²) in [5, 5.41) is 8.98. The lowest BCUT2D eigenvalue weighted by molar-refractivity contribution is -0.151. The molecule has 1 heterocycles. The number of carbonyl (C=O) groups excluding carboxylic acids is 1. The van der Waals surface area contributed by atoms with E-state index in [9.17, 15) is 9.59 Å². The molecule has 5 heteroatoms. The van der Waals surface area contributed by atoms with Crippen molar-refractivity contribution in [1.29, 1.82) is 0 Å². The number of thioether (sulfide) groups is 1. The van der Waals surface area contributed by atoms with Crippen LogP contribution in [0.25, 0.3) is 0 Å². The van der Waals surface area contributed by atoms with Crippen LogP contribution in [0, 0.1) is 0 Å². The number of hydrogen-bond donors (Lipinski definition) is 1. The number of piperidine rings is 1. The van der Waals surface area contributed by atoms with E-state index in [-0.39, 0.29) is 5.91 Å². The van der Waals surface area contributed by atoms with Crippen LogP contribution in [0.15, 0.2) is 0 Å². The van der Waals surface area contributed by atoms with Crippen molar-refractivity contribution in [2.45, 2.75) is 31.7 Å². The van der Waals surface area contributed by atoms with Crippen LogP contribution in [-0.2, 0) is 9.59 Å². The lowest BCUT2D eigenvalue weighted by atomic mass is 10.0. The number of hydrogen-bond acceptors (Lipinski definition) is 3. The maximum Gasteiger partial charge on any atom is 0.326 e. The predicted molar refractivity (Wildman–Crippen MR) is 60.0 cm³/mol. The number of rotatable bonds is 4. The largest absolute Gasteiger partial charge is 0.480 e. The zero-order valence-corrected chi connectivity index (χ0v) is 9.76. The van der Waals surface area contributed by atoms with Gasteiger partial charge >= 0.3 is 5.97 Å². The highest BCUT2D eigenvalue weighted by Crippen LogP contribution is 2.18. The van der Waals surface area contributed by atoms with Gasteiger partial charge in [0.15, 0.2) is 0 Å². The molecule has 0 aromatic rings. The number of amides is 1. The van der Waals surface area contributed by atoms with Gasteiger partial charge in [-0.05, 0) is 25.5 Å². The highest BCUT2D eigenvalue weighted by molar-refractivity contribution is 7.98. The highest BCUT2D eigenvalue weighted by atomic mass is 32.2. The summed E-state index contributed by atoms with van der Waals surface area (Å²) in [6.07, 6.45) is 4.82. The number of aliphatic carboxylic acids is 1. The lowest BCUT2D eigenvalue weighted by Crippen LogP contribution is -2.48. The van der Waals surface area contributed by atoms with E-state index < -0.39 is 12.0 Å². The summed E-state index contributed by atoms with van der Waals surface area (Å²) in [7, 11) is 0. The van der Waals surface area contributed by atoms with E-state index in [4.69, 9.17) is 5.11 Å². The van der Waals surface area contributed by atoms with Crippen molar-refractivity contribution < 1.29 is 14.7 Å². The first-order valence-corrected chi connectivity index (χ1v) is 6.57. The molecule has 0 spiro atoms. The summed E-state index contributed by atoms with van der Waals surface area (Å²) in [4.78, 5) is 24.2. The van der Waals surface area contributed by atoms with Crippen molar-refractivity contribution in [2.75, 3.05) is 18.6 Å². The lowest BCUT2D eigenvalue weighted by Gasteiger charge is -2.32. The molecule has 0 aliphatic carbocycles. The Bertz CT molecular complexity index is 245. The van der Waals surface area contributed by atoms with Gasteiger partial charge in [0.1, 0.15) is 6.04 Å². The minimum Gasteiger partial charge on any atom is -0.480 e. The number of carboxylic acids is 1. The number of likely N-dealkylation sites (tertiary alicyclic amines) is 1. The summed E-state index contributed by atoms with van der Waals surface area (Å²) in [5.74, 6) is -0.120. The van der Waals surface area contributed by atoms with E-state index in [1.54, 1.807) is 11.8 Å². The summed E-state index contributed by atoms with van der Waals surface area (Å²) < 4.78 is 0. The molecule has 1 aliphatic rings. The Morgan fingerprint density at radius 2 is 2.20 bits per heavy atom. The summed E-state index contributed by atoms with van der Waals surface area (Å²) in [6.45, 7) is 0.601. The first kappa shape index (κ1) is 12.4. The number of carbonyl (C=O) groups is 2. The standard InChI is InChI=1S/C10H17NO3S/c1-15-7-5-9(12)11-6-3-2-4-8(11)10(13)14/h8H,2-7H2,1H3,(H,13,14)/t8-/m0/s1. The fourth-order valence-electron chi connectivity index (χ4n) is 1.82. The minimum atomic E-state index is -0.868. The molecule has 0 unspecified atom stereocenters. The molecule has 0 bridgehead atoms. The fourth-order valence-corrected chi connectivity index (χ4v) is 2.20. The van der Waals surface area contributed by atoms with Crippen molar-refractivity contribution in [3.05, 3.63) is 0 Å². The van der Waals surface area contributed by atoms with E-state index in [1.807, 2.05) is 6.26 Å². The van der Waals surface area contributed by atoms with Crippen molar-refractivity contribution in [3.8, 4) is 0 Å². The van der Waals surface area contributed by atoms with Gasteiger partial charge in [-0.25, -0.2) is 4.79 Å². The van der Waals surface area contributed by atoms with Gasteiger partial charge in [-0.2, -0.15) is 11.8 Å². The van der Waals surface area contributed by atoms with Crippen LogP contribution in [0.2, 0.25) is 0 Å². The van der Waals surface area contributed by atoms with Crippen molar-refractivity contribution >= 4 is 23.6 Å². The van der Waals surface area contributed by atoms with E-state index in [2.05, 4.69) is 0 Å². The van der Waals surface area contributed by atoms with Crippen molar-refractivity contribution in [1.82, 2.24) is 4.90 Å². The molecule has 1 N–H and O–H groups in total. The molecule has 1 saturated heterocycles. The Kier molecular flexibility index (Phi) is 4.94. The maximum absolute atomic E-state index is 11.7. The second-order valence-corrected chi connectivity index (χ2v) is 4.67. The zero-order chi connectivity index (χ0) is 11.3. The Hall–Kier alpha value is -0.710. The summed E-state index contributed by atoms with van der Waals surface area (Å²) in [6, 6.07) is -0.590. The number of carboxylic acid groups (broad SMARTS) is 1. The van der Waals surface area contributed by atoms with Gasteiger partial charge in [0.25, 0.3) is 0 Å². The number of nitrogens with zero attached hydrogens (tertiary/aromatic N) is 1. The van der Waals surface area contributed by atoms with Crippen molar-refractivity contribution in [2.24, 2.45) is 0 Å². The first-order chi connectivity index (χ1) is 7.16. The third kappa shape index (κ3) is 3.41. The molecular formula is C10H17NO3S. The third-order valence-corrected chi connectivity index (χ3v) is 3.24. The molecular weight excluding hydrogens is 214 g/mol. The molecule has 1 atom stereocenters. The average Bonchev–Trinajstić information content (AvgIpc) is 2.25. The maximum atomic E-state index is 11.7. The second kappa shape index (κ2) is 6.00. The molecule has 15 heavy (non-hydrogen) atoms. The predicted octanol–water partition coefficient (Wildman–Crippen LogP) is 1.21. The van der Waals surface area contributed by atoms with E-state index in [1.165, 1.54) is 4.90 Å². The Morgan fingerprint density at radius 3 is 2.80 bits per heavy atom. The Labute approximate surface area is 94.0 Å².